The minimum atomic E-state index is -0.579. The van der Waals surface area contributed by atoms with Crippen molar-refractivity contribution in [2.45, 2.75) is 33.4 Å². The summed E-state index contributed by atoms with van der Waals surface area (Å²) in [5.41, 5.74) is 0.214. The summed E-state index contributed by atoms with van der Waals surface area (Å²) < 4.78 is 25.1. The summed E-state index contributed by atoms with van der Waals surface area (Å²) in [6, 6.07) is 5.47. The molecule has 0 spiro atoms. The van der Waals surface area contributed by atoms with Crippen molar-refractivity contribution in [2.24, 2.45) is 0 Å². The zero-order chi connectivity index (χ0) is 22.0. The van der Waals surface area contributed by atoms with Crippen LogP contribution in [0.1, 0.15) is 36.8 Å². The van der Waals surface area contributed by atoms with Gasteiger partial charge in [-0.25, -0.2) is 4.39 Å². The van der Waals surface area contributed by atoms with E-state index in [2.05, 4.69) is 0 Å². The van der Waals surface area contributed by atoms with E-state index in [1.54, 1.807) is 16.0 Å². The maximum absolute atomic E-state index is 13.5. The van der Waals surface area contributed by atoms with E-state index in [9.17, 15) is 18.8 Å². The Kier molecular flexibility index (Phi) is 6.31. The average Bonchev–Trinajstić information content (AvgIpc) is 2.67. The quantitative estimate of drug-likeness (QED) is 0.510. The number of halogens is 2. The average molecular weight is 438 g/mol. The number of rotatable bonds is 6. The van der Waals surface area contributed by atoms with Gasteiger partial charge in [-0.05, 0) is 31.5 Å². The molecule has 1 aliphatic heterocycles. The number of esters is 1. The topological polar surface area (TPSA) is 81.1 Å². The van der Waals surface area contributed by atoms with Crippen LogP contribution in [0.3, 0.4) is 0 Å². The zero-order valence-corrected chi connectivity index (χ0v) is 17.5. The number of hydrogen-bond donors (Lipinski definition) is 0. The van der Waals surface area contributed by atoms with Crippen LogP contribution in [0.5, 0.6) is 5.75 Å². The highest BCUT2D eigenvalue weighted by molar-refractivity contribution is 6.30. The first-order chi connectivity index (χ1) is 14.2. The Hall–Kier alpha value is -3.07. The summed E-state index contributed by atoms with van der Waals surface area (Å²) >= 11 is 5.90. The first kappa shape index (κ1) is 21.6. The van der Waals surface area contributed by atoms with E-state index in [1.807, 2.05) is 13.8 Å². The summed E-state index contributed by atoms with van der Waals surface area (Å²) in [4.78, 5) is 38.1. The molecule has 1 amide bonds. The van der Waals surface area contributed by atoms with E-state index in [0.29, 0.717) is 5.56 Å². The van der Waals surface area contributed by atoms with Gasteiger partial charge in [-0.2, -0.15) is 0 Å². The second kappa shape index (κ2) is 8.74. The summed E-state index contributed by atoms with van der Waals surface area (Å²) in [5, 5.41) is 1.78. The molecule has 1 aliphatic rings. The number of nitrogens with zero attached hydrogens (tertiary/aromatic N) is 3. The molecule has 2 heterocycles. The minimum absolute atomic E-state index is 0.00756. The lowest BCUT2D eigenvalue weighted by atomic mass is 10.2. The largest absolute Gasteiger partial charge is 0.451 e. The molecule has 3 rings (SSSR count). The van der Waals surface area contributed by atoms with E-state index in [-0.39, 0.29) is 35.7 Å². The van der Waals surface area contributed by atoms with E-state index in [4.69, 9.17) is 21.1 Å². The molecule has 0 atom stereocenters. The van der Waals surface area contributed by atoms with Crippen molar-refractivity contribution in [1.29, 1.82) is 0 Å². The van der Waals surface area contributed by atoms with Crippen molar-refractivity contribution in [3.8, 4) is 5.75 Å². The molecule has 30 heavy (non-hydrogen) atoms. The SMILES string of the molecule is CC(=O)OCOc1c2n(ccc1=O)N(Cc1ccc(F)c(Cl)c1)CN(C(C)C)C2=O. The van der Waals surface area contributed by atoms with E-state index in [1.165, 1.54) is 36.0 Å². The van der Waals surface area contributed by atoms with Gasteiger partial charge in [0, 0.05) is 25.2 Å². The van der Waals surface area contributed by atoms with Crippen LogP contribution >= 0.6 is 11.6 Å². The fourth-order valence-electron chi connectivity index (χ4n) is 3.07. The second-order valence-corrected chi connectivity index (χ2v) is 7.43. The van der Waals surface area contributed by atoms with Crippen molar-refractivity contribution in [3.05, 3.63) is 62.8 Å². The van der Waals surface area contributed by atoms with Crippen LogP contribution in [0.25, 0.3) is 0 Å². The van der Waals surface area contributed by atoms with Gasteiger partial charge in [0.25, 0.3) is 5.91 Å². The van der Waals surface area contributed by atoms with Gasteiger partial charge in [0.05, 0.1) is 11.6 Å². The standard InChI is InChI=1S/C20H21ClFN3O5/c1-12(2)24-10-23(9-14-4-5-16(22)15(21)8-14)25-7-6-17(27)19(18(25)20(24)28)30-11-29-13(3)26/h4-8,12H,9-11H2,1-3H3. The molecule has 0 saturated heterocycles. The normalized spacial score (nSPS) is 13.5. The van der Waals surface area contributed by atoms with Crippen molar-refractivity contribution in [1.82, 2.24) is 9.58 Å². The van der Waals surface area contributed by atoms with Gasteiger partial charge >= 0.3 is 5.97 Å². The molecule has 1 aromatic heterocycles. The predicted octanol–water partition coefficient (Wildman–Crippen LogP) is 2.50. The molecular weight excluding hydrogens is 417 g/mol. The van der Waals surface area contributed by atoms with E-state index < -0.39 is 29.9 Å². The molecule has 0 aliphatic carbocycles. The van der Waals surface area contributed by atoms with Crippen molar-refractivity contribution in [2.75, 3.05) is 18.5 Å². The predicted molar refractivity (Wildman–Crippen MR) is 107 cm³/mol. The molecule has 2 aromatic rings. The van der Waals surface area contributed by atoms with Crippen LogP contribution in [-0.4, -0.2) is 41.0 Å². The molecule has 0 fully saturated rings. The number of pyridine rings is 1. The molecule has 0 unspecified atom stereocenters. The number of aromatic nitrogens is 1. The Morgan fingerprint density at radius 2 is 2.00 bits per heavy atom. The number of amides is 1. The lowest BCUT2D eigenvalue weighted by Crippen LogP contribution is -2.55. The van der Waals surface area contributed by atoms with Gasteiger partial charge in [0.15, 0.2) is 5.69 Å². The first-order valence-electron chi connectivity index (χ1n) is 9.21. The van der Waals surface area contributed by atoms with Crippen LogP contribution in [0.4, 0.5) is 4.39 Å². The minimum Gasteiger partial charge on any atom is -0.451 e. The highest BCUT2D eigenvalue weighted by Crippen LogP contribution is 2.24. The molecule has 10 heteroatoms. The lowest BCUT2D eigenvalue weighted by Gasteiger charge is -2.41. The van der Waals surface area contributed by atoms with Crippen LogP contribution in [0, 0.1) is 5.82 Å². The van der Waals surface area contributed by atoms with Crippen molar-refractivity contribution in [3.63, 3.8) is 0 Å². The van der Waals surface area contributed by atoms with Crippen LogP contribution < -0.4 is 15.2 Å². The lowest BCUT2D eigenvalue weighted by molar-refractivity contribution is -0.147. The molecule has 0 bridgehead atoms. The third-order valence-corrected chi connectivity index (χ3v) is 4.85. The Balaban J connectivity index is 2.03. The van der Waals surface area contributed by atoms with Crippen molar-refractivity contribution < 1.29 is 23.5 Å². The molecule has 0 radical (unpaired) electrons. The number of carbonyl (C=O) groups is 2. The molecule has 0 N–H and O–H groups in total. The number of carbonyl (C=O) groups excluding carboxylic acids is 2. The number of fused-ring (bicyclic) bond motifs is 1. The van der Waals surface area contributed by atoms with Gasteiger partial charge in [-0.3, -0.25) is 24.1 Å². The summed E-state index contributed by atoms with van der Waals surface area (Å²) in [6.45, 7) is 4.92. The van der Waals surface area contributed by atoms with Gasteiger partial charge in [-0.15, -0.1) is 0 Å². The number of hydrogen-bond acceptors (Lipinski definition) is 6. The van der Waals surface area contributed by atoms with E-state index in [0.717, 1.165) is 0 Å². The molecule has 8 nitrogen and oxygen atoms in total. The smallest absolute Gasteiger partial charge is 0.305 e. The number of ether oxygens (including phenoxy) is 2. The fourth-order valence-corrected chi connectivity index (χ4v) is 3.27. The fraction of sp³-hybridized carbons (Fsp3) is 0.350. The van der Waals surface area contributed by atoms with Gasteiger partial charge < -0.3 is 14.4 Å². The molecule has 1 aromatic carbocycles. The monoisotopic (exact) mass is 437 g/mol. The highest BCUT2D eigenvalue weighted by Gasteiger charge is 2.34. The molecular formula is C20H21ClFN3O5. The van der Waals surface area contributed by atoms with Crippen LogP contribution in [-0.2, 0) is 16.1 Å². The van der Waals surface area contributed by atoms with Gasteiger partial charge in [-0.1, -0.05) is 17.7 Å². The Labute approximate surface area is 177 Å². The zero-order valence-electron chi connectivity index (χ0n) is 16.7. The second-order valence-electron chi connectivity index (χ2n) is 7.02. The first-order valence-corrected chi connectivity index (χ1v) is 9.58. The maximum Gasteiger partial charge on any atom is 0.305 e. The van der Waals surface area contributed by atoms with Crippen LogP contribution in [0.15, 0.2) is 35.3 Å². The third kappa shape index (κ3) is 4.40. The summed E-state index contributed by atoms with van der Waals surface area (Å²) in [7, 11) is 0. The number of benzene rings is 1. The van der Waals surface area contributed by atoms with Gasteiger partial charge in [0.1, 0.15) is 12.5 Å². The highest BCUT2D eigenvalue weighted by atomic mass is 35.5. The molecule has 0 saturated carbocycles. The van der Waals surface area contributed by atoms with Gasteiger partial charge in [0.2, 0.25) is 18.0 Å². The Morgan fingerprint density at radius 3 is 2.63 bits per heavy atom. The summed E-state index contributed by atoms with van der Waals surface area (Å²) in [5.74, 6) is -1.71. The van der Waals surface area contributed by atoms with Crippen LogP contribution in [0.2, 0.25) is 5.02 Å². The van der Waals surface area contributed by atoms with E-state index >= 15 is 0 Å². The third-order valence-electron chi connectivity index (χ3n) is 4.56. The molecule has 160 valence electrons. The Bertz CT molecular complexity index is 1040. The van der Waals surface area contributed by atoms with Crippen molar-refractivity contribution >= 4 is 23.5 Å². The summed E-state index contributed by atoms with van der Waals surface area (Å²) in [6.07, 6.45) is 1.47. The Morgan fingerprint density at radius 1 is 1.27 bits per heavy atom. The maximum atomic E-state index is 13.5.